The molecule has 0 bridgehead atoms. The molecule has 0 aromatic heterocycles. The van der Waals surface area contributed by atoms with Gasteiger partial charge in [-0.25, -0.2) is 0 Å². The Labute approximate surface area is 125 Å². The summed E-state index contributed by atoms with van der Waals surface area (Å²) in [4.78, 5) is 0. The van der Waals surface area contributed by atoms with Gasteiger partial charge in [0.2, 0.25) is 0 Å². The van der Waals surface area contributed by atoms with Crippen LogP contribution in [0.15, 0.2) is 36.4 Å². The van der Waals surface area contributed by atoms with E-state index in [4.69, 9.17) is 15.9 Å². The van der Waals surface area contributed by atoms with Crippen molar-refractivity contribution in [3.63, 3.8) is 0 Å². The molecule has 112 valence electrons. The first kappa shape index (κ1) is 14.3. The second-order valence-electron chi connectivity index (χ2n) is 4.76. The second-order valence-corrected chi connectivity index (χ2v) is 4.76. The lowest BCUT2D eigenvalue weighted by Crippen LogP contribution is -2.15. The van der Waals surface area contributed by atoms with Crippen molar-refractivity contribution in [2.45, 2.75) is 6.18 Å². The van der Waals surface area contributed by atoms with E-state index in [2.05, 4.69) is 5.92 Å². The maximum Gasteiger partial charge on any atom is 0.417 e. The lowest BCUT2D eigenvalue weighted by Gasteiger charge is -2.19. The standard InChI is InChI=1S/C17H11F3O2/c1-2-11-3-4-12(9-14(11)17(18,19)20)13-5-6-15-16(10-13)22-8-7-21-15/h1,3-6,9-10H,7-8H2. The molecule has 0 fully saturated rings. The van der Waals surface area contributed by atoms with Crippen molar-refractivity contribution in [1.82, 2.24) is 0 Å². The summed E-state index contributed by atoms with van der Waals surface area (Å²) in [6.07, 6.45) is 0.646. The maximum atomic E-state index is 13.1. The van der Waals surface area contributed by atoms with Crippen LogP contribution >= 0.6 is 0 Å². The van der Waals surface area contributed by atoms with Crippen LogP contribution in [0.4, 0.5) is 13.2 Å². The average molecular weight is 304 g/mol. The number of rotatable bonds is 1. The Kier molecular flexibility index (Phi) is 3.45. The van der Waals surface area contributed by atoms with Gasteiger partial charge in [0.1, 0.15) is 13.2 Å². The molecule has 0 N–H and O–H groups in total. The van der Waals surface area contributed by atoms with Gasteiger partial charge in [0.15, 0.2) is 11.5 Å². The van der Waals surface area contributed by atoms with Crippen LogP contribution in [-0.2, 0) is 6.18 Å². The van der Waals surface area contributed by atoms with Crippen molar-refractivity contribution in [3.05, 3.63) is 47.5 Å². The summed E-state index contributed by atoms with van der Waals surface area (Å²) < 4.78 is 50.0. The Hall–Kier alpha value is -2.61. The van der Waals surface area contributed by atoms with Crippen LogP contribution in [0.3, 0.4) is 0 Å². The Balaban J connectivity index is 2.07. The molecule has 5 heteroatoms. The highest BCUT2D eigenvalue weighted by Gasteiger charge is 2.33. The van der Waals surface area contributed by atoms with Gasteiger partial charge in [0.05, 0.1) is 5.56 Å². The topological polar surface area (TPSA) is 18.5 Å². The van der Waals surface area contributed by atoms with E-state index in [0.717, 1.165) is 6.07 Å². The highest BCUT2D eigenvalue weighted by Crippen LogP contribution is 2.38. The number of fused-ring (bicyclic) bond motifs is 1. The monoisotopic (exact) mass is 304 g/mol. The van der Waals surface area contributed by atoms with Crippen molar-refractivity contribution < 1.29 is 22.6 Å². The smallest absolute Gasteiger partial charge is 0.417 e. The van der Waals surface area contributed by atoms with Crippen LogP contribution in [0, 0.1) is 12.3 Å². The van der Waals surface area contributed by atoms with E-state index < -0.39 is 11.7 Å². The summed E-state index contributed by atoms with van der Waals surface area (Å²) in [6, 6.07) is 8.97. The first-order chi connectivity index (χ1) is 10.5. The second kappa shape index (κ2) is 5.30. The van der Waals surface area contributed by atoms with Gasteiger partial charge in [-0.2, -0.15) is 13.2 Å². The summed E-state index contributed by atoms with van der Waals surface area (Å²) in [5, 5.41) is 0. The minimum atomic E-state index is -4.49. The van der Waals surface area contributed by atoms with Gasteiger partial charge in [0.25, 0.3) is 0 Å². The molecular weight excluding hydrogens is 293 g/mol. The molecule has 3 rings (SSSR count). The first-order valence-electron chi connectivity index (χ1n) is 6.57. The van der Waals surface area contributed by atoms with Crippen LogP contribution in [0.1, 0.15) is 11.1 Å². The van der Waals surface area contributed by atoms with Gasteiger partial charge in [-0.15, -0.1) is 6.42 Å². The molecule has 0 saturated carbocycles. The van der Waals surface area contributed by atoms with E-state index in [1.165, 1.54) is 6.07 Å². The van der Waals surface area contributed by atoms with Crippen molar-refractivity contribution in [2.75, 3.05) is 13.2 Å². The fourth-order valence-corrected chi connectivity index (χ4v) is 2.31. The molecule has 0 amide bonds. The Morgan fingerprint density at radius 2 is 1.55 bits per heavy atom. The molecule has 0 atom stereocenters. The van der Waals surface area contributed by atoms with E-state index in [-0.39, 0.29) is 5.56 Å². The van der Waals surface area contributed by atoms with E-state index in [1.54, 1.807) is 24.3 Å². The molecule has 2 aromatic carbocycles. The highest BCUT2D eigenvalue weighted by molar-refractivity contribution is 5.69. The molecule has 0 radical (unpaired) electrons. The van der Waals surface area contributed by atoms with E-state index in [1.807, 2.05) is 0 Å². The normalized spacial score (nSPS) is 13.5. The van der Waals surface area contributed by atoms with Crippen molar-refractivity contribution in [3.8, 4) is 35.0 Å². The summed E-state index contributed by atoms with van der Waals surface area (Å²) in [6.45, 7) is 0.877. The quantitative estimate of drug-likeness (QED) is 0.738. The number of halogens is 3. The molecule has 0 unspecified atom stereocenters. The average Bonchev–Trinajstić information content (AvgIpc) is 2.53. The van der Waals surface area contributed by atoms with Gasteiger partial charge < -0.3 is 9.47 Å². The zero-order valence-corrected chi connectivity index (χ0v) is 11.4. The largest absolute Gasteiger partial charge is 0.486 e. The Bertz CT molecular complexity index is 757. The lowest BCUT2D eigenvalue weighted by atomic mass is 9.98. The molecule has 0 aliphatic carbocycles. The van der Waals surface area contributed by atoms with Crippen molar-refractivity contribution in [2.24, 2.45) is 0 Å². The molecule has 2 nitrogen and oxygen atoms in total. The van der Waals surface area contributed by atoms with E-state index in [9.17, 15) is 13.2 Å². The molecule has 0 spiro atoms. The minimum Gasteiger partial charge on any atom is -0.486 e. The number of hydrogen-bond donors (Lipinski definition) is 0. The van der Waals surface area contributed by atoms with Crippen LogP contribution in [0.2, 0.25) is 0 Å². The fraction of sp³-hybridized carbons (Fsp3) is 0.176. The molecular formula is C17H11F3O2. The summed E-state index contributed by atoms with van der Waals surface area (Å²) in [5.74, 6) is 3.18. The number of alkyl halides is 3. The van der Waals surface area contributed by atoms with Crippen molar-refractivity contribution in [1.29, 1.82) is 0 Å². The zero-order valence-electron chi connectivity index (χ0n) is 11.4. The fourth-order valence-electron chi connectivity index (χ4n) is 2.31. The number of benzene rings is 2. The van der Waals surface area contributed by atoms with Gasteiger partial charge in [-0.3, -0.25) is 0 Å². The van der Waals surface area contributed by atoms with Gasteiger partial charge in [-0.05, 0) is 35.4 Å². The Morgan fingerprint density at radius 1 is 0.909 bits per heavy atom. The van der Waals surface area contributed by atoms with E-state index >= 15 is 0 Å². The third kappa shape index (κ3) is 2.60. The van der Waals surface area contributed by atoms with Crippen LogP contribution in [0.5, 0.6) is 11.5 Å². The third-order valence-corrected chi connectivity index (χ3v) is 3.36. The number of hydrogen-bond acceptors (Lipinski definition) is 2. The summed E-state index contributed by atoms with van der Waals surface area (Å²) in [5.41, 5.74) is 0.0396. The summed E-state index contributed by atoms with van der Waals surface area (Å²) >= 11 is 0. The predicted octanol–water partition coefficient (Wildman–Crippen LogP) is 4.12. The highest BCUT2D eigenvalue weighted by atomic mass is 19.4. The van der Waals surface area contributed by atoms with Gasteiger partial charge >= 0.3 is 6.18 Å². The zero-order chi connectivity index (χ0) is 15.7. The van der Waals surface area contributed by atoms with Crippen LogP contribution in [0.25, 0.3) is 11.1 Å². The third-order valence-electron chi connectivity index (χ3n) is 3.36. The minimum absolute atomic E-state index is 0.172. The Morgan fingerprint density at radius 3 is 2.23 bits per heavy atom. The van der Waals surface area contributed by atoms with Crippen LogP contribution in [-0.4, -0.2) is 13.2 Å². The van der Waals surface area contributed by atoms with Crippen molar-refractivity contribution >= 4 is 0 Å². The lowest BCUT2D eigenvalue weighted by molar-refractivity contribution is -0.137. The first-order valence-corrected chi connectivity index (χ1v) is 6.57. The molecule has 1 aliphatic rings. The predicted molar refractivity (Wildman–Crippen MR) is 75.8 cm³/mol. The maximum absolute atomic E-state index is 13.1. The molecule has 1 aliphatic heterocycles. The van der Waals surface area contributed by atoms with Gasteiger partial charge in [-0.1, -0.05) is 18.1 Å². The number of terminal acetylenes is 1. The SMILES string of the molecule is C#Cc1ccc(-c2ccc3c(c2)OCCO3)cc1C(F)(F)F. The van der Waals surface area contributed by atoms with Crippen LogP contribution < -0.4 is 9.47 Å². The molecule has 1 heterocycles. The van der Waals surface area contributed by atoms with Gasteiger partial charge in [0, 0.05) is 5.56 Å². The molecule has 22 heavy (non-hydrogen) atoms. The summed E-state index contributed by atoms with van der Waals surface area (Å²) in [7, 11) is 0. The number of ether oxygens (including phenoxy) is 2. The molecule has 0 saturated heterocycles. The van der Waals surface area contributed by atoms with E-state index in [0.29, 0.717) is 35.8 Å². The molecule has 2 aromatic rings.